The van der Waals surface area contributed by atoms with E-state index in [1.54, 1.807) is 11.8 Å². The number of rotatable bonds is 8. The second-order valence-electron chi connectivity index (χ2n) is 4.97. The average molecular weight is 324 g/mol. The van der Waals surface area contributed by atoms with E-state index in [-0.39, 0.29) is 12.6 Å². The summed E-state index contributed by atoms with van der Waals surface area (Å²) in [6.07, 6.45) is 2.59. The van der Waals surface area contributed by atoms with Crippen LogP contribution in [0, 0.1) is 0 Å². The lowest BCUT2D eigenvalue weighted by Gasteiger charge is -2.32. The van der Waals surface area contributed by atoms with Gasteiger partial charge in [-0.3, -0.25) is 4.79 Å². The number of carboxylic acids is 1. The Morgan fingerprint density at radius 1 is 1.50 bits per heavy atom. The number of carboxylic acid groups (broad SMARTS) is 1. The van der Waals surface area contributed by atoms with Gasteiger partial charge in [0.25, 0.3) is 10.2 Å². The number of carbonyl (C=O) groups is 1. The van der Waals surface area contributed by atoms with Gasteiger partial charge in [-0.2, -0.15) is 29.2 Å². The number of nitrogens with zero attached hydrogens (tertiary/aromatic N) is 1. The zero-order chi connectivity index (χ0) is 15.2. The standard InChI is InChI=1S/C12H24N2O4S2/c1-3-19-9-7-10(2)13-20(17,18)14-8-5-4-6-11(14)12(15)16/h10-11,13H,3-9H2,1-2H3,(H,15,16). The Bertz CT molecular complexity index is 414. The van der Waals surface area contributed by atoms with Crippen LogP contribution in [0.2, 0.25) is 0 Å². The van der Waals surface area contributed by atoms with Crippen molar-refractivity contribution in [1.29, 1.82) is 0 Å². The number of thioether (sulfide) groups is 1. The molecule has 0 aliphatic carbocycles. The average Bonchev–Trinajstić information content (AvgIpc) is 2.38. The van der Waals surface area contributed by atoms with E-state index < -0.39 is 22.2 Å². The highest BCUT2D eigenvalue weighted by Gasteiger charge is 2.37. The second kappa shape index (κ2) is 8.21. The van der Waals surface area contributed by atoms with Crippen LogP contribution in [0.5, 0.6) is 0 Å². The molecule has 1 saturated heterocycles. The third-order valence-electron chi connectivity index (χ3n) is 3.30. The molecule has 0 aromatic rings. The smallest absolute Gasteiger partial charge is 0.322 e. The summed E-state index contributed by atoms with van der Waals surface area (Å²) in [5.74, 6) is 0.833. The molecule has 2 unspecified atom stereocenters. The molecule has 1 aliphatic heterocycles. The summed E-state index contributed by atoms with van der Waals surface area (Å²) in [7, 11) is -3.72. The van der Waals surface area contributed by atoms with Gasteiger partial charge in [0.05, 0.1) is 0 Å². The molecule has 0 aromatic heterocycles. The SMILES string of the molecule is CCSCCC(C)NS(=O)(=O)N1CCCCC1C(=O)O. The van der Waals surface area contributed by atoms with E-state index in [9.17, 15) is 13.2 Å². The predicted molar refractivity (Wildman–Crippen MR) is 81.1 cm³/mol. The van der Waals surface area contributed by atoms with Crippen molar-refractivity contribution in [1.82, 2.24) is 9.03 Å². The molecular formula is C12H24N2O4S2. The molecule has 0 amide bonds. The van der Waals surface area contributed by atoms with E-state index >= 15 is 0 Å². The summed E-state index contributed by atoms with van der Waals surface area (Å²) in [6.45, 7) is 4.15. The first-order valence-electron chi connectivity index (χ1n) is 6.98. The minimum absolute atomic E-state index is 0.185. The Labute approximate surface area is 125 Å². The zero-order valence-corrected chi connectivity index (χ0v) is 13.7. The van der Waals surface area contributed by atoms with Gasteiger partial charge in [-0.1, -0.05) is 6.92 Å². The molecule has 2 N–H and O–H groups in total. The summed E-state index contributed by atoms with van der Waals surface area (Å²) in [4.78, 5) is 11.2. The van der Waals surface area contributed by atoms with Crippen molar-refractivity contribution in [3.8, 4) is 0 Å². The summed E-state index contributed by atoms with van der Waals surface area (Å²) >= 11 is 1.76. The summed E-state index contributed by atoms with van der Waals surface area (Å²) in [6, 6.07) is -1.12. The fraction of sp³-hybridized carbons (Fsp3) is 0.917. The molecule has 20 heavy (non-hydrogen) atoms. The van der Waals surface area contributed by atoms with Gasteiger partial charge in [-0.25, -0.2) is 0 Å². The molecule has 2 atom stereocenters. The number of hydrogen-bond donors (Lipinski definition) is 2. The largest absolute Gasteiger partial charge is 0.480 e. The predicted octanol–water partition coefficient (Wildman–Crippen LogP) is 1.29. The van der Waals surface area contributed by atoms with Crippen LogP contribution in [-0.4, -0.2) is 53.9 Å². The molecule has 118 valence electrons. The third kappa shape index (κ3) is 5.23. The quantitative estimate of drug-likeness (QED) is 0.657. The van der Waals surface area contributed by atoms with E-state index in [2.05, 4.69) is 11.6 Å². The monoisotopic (exact) mass is 324 g/mol. The Kier molecular flexibility index (Phi) is 7.28. The minimum Gasteiger partial charge on any atom is -0.480 e. The molecule has 1 heterocycles. The van der Waals surface area contributed by atoms with Crippen molar-refractivity contribution >= 4 is 27.9 Å². The first-order chi connectivity index (χ1) is 9.38. The second-order valence-corrected chi connectivity index (χ2v) is 8.02. The van der Waals surface area contributed by atoms with Gasteiger partial charge in [0.2, 0.25) is 0 Å². The lowest BCUT2D eigenvalue weighted by atomic mass is 10.1. The molecule has 0 aromatic carbocycles. The maximum atomic E-state index is 12.3. The maximum absolute atomic E-state index is 12.3. The van der Waals surface area contributed by atoms with Gasteiger partial charge in [0, 0.05) is 12.6 Å². The van der Waals surface area contributed by atoms with Crippen LogP contribution in [0.1, 0.15) is 39.5 Å². The number of aliphatic carboxylic acids is 1. The molecule has 1 rings (SSSR count). The van der Waals surface area contributed by atoms with Crippen molar-refractivity contribution in [3.63, 3.8) is 0 Å². The van der Waals surface area contributed by atoms with Gasteiger partial charge >= 0.3 is 5.97 Å². The van der Waals surface area contributed by atoms with Crippen LogP contribution < -0.4 is 4.72 Å². The molecule has 0 spiro atoms. The van der Waals surface area contributed by atoms with Crippen LogP contribution in [0.25, 0.3) is 0 Å². The fourth-order valence-electron chi connectivity index (χ4n) is 2.22. The van der Waals surface area contributed by atoms with Crippen LogP contribution in [-0.2, 0) is 15.0 Å². The third-order valence-corrected chi connectivity index (χ3v) is 5.98. The van der Waals surface area contributed by atoms with E-state index in [0.717, 1.165) is 28.7 Å². The van der Waals surface area contributed by atoms with Gasteiger partial charge in [0.15, 0.2) is 0 Å². The van der Waals surface area contributed by atoms with Crippen LogP contribution in [0.15, 0.2) is 0 Å². The first-order valence-corrected chi connectivity index (χ1v) is 9.57. The molecule has 1 fully saturated rings. The molecule has 6 nitrogen and oxygen atoms in total. The highest BCUT2D eigenvalue weighted by Crippen LogP contribution is 2.20. The Morgan fingerprint density at radius 3 is 2.80 bits per heavy atom. The Hall–Kier alpha value is -0.310. The highest BCUT2D eigenvalue weighted by atomic mass is 32.2. The van der Waals surface area contributed by atoms with E-state index in [1.165, 1.54) is 0 Å². The number of nitrogens with one attached hydrogen (secondary N) is 1. The summed E-state index contributed by atoms with van der Waals surface area (Å²) < 4.78 is 28.3. The molecule has 0 saturated carbocycles. The topological polar surface area (TPSA) is 86.7 Å². The number of piperidine rings is 1. The molecule has 0 radical (unpaired) electrons. The van der Waals surface area contributed by atoms with E-state index in [0.29, 0.717) is 12.8 Å². The lowest BCUT2D eigenvalue weighted by molar-refractivity contribution is -0.142. The molecule has 1 aliphatic rings. The molecule has 0 bridgehead atoms. The molecule has 8 heteroatoms. The summed E-state index contributed by atoms with van der Waals surface area (Å²) in [5.41, 5.74) is 0. The van der Waals surface area contributed by atoms with E-state index in [4.69, 9.17) is 5.11 Å². The van der Waals surface area contributed by atoms with Gasteiger partial charge in [0.1, 0.15) is 6.04 Å². The van der Waals surface area contributed by atoms with Crippen LogP contribution >= 0.6 is 11.8 Å². The minimum atomic E-state index is -3.72. The van der Waals surface area contributed by atoms with Crippen molar-refractivity contribution in [2.75, 3.05) is 18.1 Å². The van der Waals surface area contributed by atoms with Crippen LogP contribution in [0.3, 0.4) is 0 Å². The first kappa shape index (κ1) is 17.7. The lowest BCUT2D eigenvalue weighted by Crippen LogP contribution is -2.53. The summed E-state index contributed by atoms with van der Waals surface area (Å²) in [5, 5.41) is 9.14. The normalized spacial score (nSPS) is 22.6. The number of hydrogen-bond acceptors (Lipinski definition) is 4. The Morgan fingerprint density at radius 2 is 2.20 bits per heavy atom. The van der Waals surface area contributed by atoms with Crippen molar-refractivity contribution in [2.24, 2.45) is 0 Å². The van der Waals surface area contributed by atoms with Gasteiger partial charge in [-0.05, 0) is 44.1 Å². The van der Waals surface area contributed by atoms with Crippen LogP contribution in [0.4, 0.5) is 0 Å². The maximum Gasteiger partial charge on any atom is 0.322 e. The van der Waals surface area contributed by atoms with Crippen molar-refractivity contribution < 1.29 is 18.3 Å². The highest BCUT2D eigenvalue weighted by molar-refractivity contribution is 7.99. The van der Waals surface area contributed by atoms with Crippen molar-refractivity contribution in [2.45, 2.75) is 51.6 Å². The van der Waals surface area contributed by atoms with Gasteiger partial charge in [-0.15, -0.1) is 0 Å². The molecular weight excluding hydrogens is 300 g/mol. The van der Waals surface area contributed by atoms with E-state index in [1.807, 2.05) is 6.92 Å². The zero-order valence-electron chi connectivity index (χ0n) is 12.0. The van der Waals surface area contributed by atoms with Gasteiger partial charge < -0.3 is 5.11 Å². The van der Waals surface area contributed by atoms with Crippen molar-refractivity contribution in [3.05, 3.63) is 0 Å². The Balaban J connectivity index is 2.63. The fourth-order valence-corrected chi connectivity index (χ4v) is 4.70.